The average Bonchev–Trinajstić information content (AvgIpc) is 3.43. The number of carbonyl (C=O) groups is 4. The van der Waals surface area contributed by atoms with Gasteiger partial charge in [0.1, 0.15) is 17.4 Å². The minimum atomic E-state index is -1.00. The van der Waals surface area contributed by atoms with E-state index in [9.17, 15) is 24.0 Å². The van der Waals surface area contributed by atoms with Gasteiger partial charge < -0.3 is 24.1 Å². The molecule has 266 valence electrons. The lowest BCUT2D eigenvalue weighted by atomic mass is 9.96. The molecule has 0 fully saturated rings. The van der Waals surface area contributed by atoms with Gasteiger partial charge in [0.05, 0.1) is 25.7 Å². The Morgan fingerprint density at radius 1 is 0.920 bits per heavy atom. The van der Waals surface area contributed by atoms with Crippen molar-refractivity contribution in [1.29, 1.82) is 0 Å². The molecule has 0 aliphatic rings. The fraction of sp³-hybridized carbons (Fsp3) is 0.405. The Morgan fingerprint density at radius 2 is 1.58 bits per heavy atom. The van der Waals surface area contributed by atoms with Crippen molar-refractivity contribution in [2.75, 3.05) is 25.6 Å². The van der Waals surface area contributed by atoms with Crippen LogP contribution in [-0.2, 0) is 43.2 Å². The summed E-state index contributed by atoms with van der Waals surface area (Å²) >= 11 is 0. The van der Waals surface area contributed by atoms with Crippen LogP contribution in [0.15, 0.2) is 59.5 Å². The summed E-state index contributed by atoms with van der Waals surface area (Å²) in [5.74, 6) is -1.05. The minimum absolute atomic E-state index is 0.0434. The van der Waals surface area contributed by atoms with Gasteiger partial charge >= 0.3 is 11.9 Å². The molecule has 4 rings (SSSR count). The first kappa shape index (κ1) is 37.4. The van der Waals surface area contributed by atoms with Crippen molar-refractivity contribution in [3.8, 4) is 5.75 Å². The summed E-state index contributed by atoms with van der Waals surface area (Å²) in [5.41, 5.74) is 2.38. The molecule has 0 saturated heterocycles. The Hall–Kier alpha value is -5.46. The SMILES string of the molecule is CCOC(=O)CC[C@H](NC(=O)c1ccc(CCc2cn(Cc3ccc(OC)cc3)c3nc(NC(=O)C(C)(C)C)[nH]c(=O)c23)cc1)C(=O)OCC. The Balaban J connectivity index is 1.53. The predicted molar refractivity (Wildman–Crippen MR) is 188 cm³/mol. The van der Waals surface area contributed by atoms with E-state index in [1.807, 2.05) is 47.2 Å². The van der Waals surface area contributed by atoms with Gasteiger partial charge in [0, 0.05) is 30.1 Å². The zero-order valence-corrected chi connectivity index (χ0v) is 29.4. The summed E-state index contributed by atoms with van der Waals surface area (Å²) in [4.78, 5) is 70.8. The second-order valence-corrected chi connectivity index (χ2v) is 12.8. The van der Waals surface area contributed by atoms with Gasteiger partial charge in [0.25, 0.3) is 11.5 Å². The minimum Gasteiger partial charge on any atom is -0.497 e. The number of carbonyl (C=O) groups excluding carboxylic acids is 4. The smallest absolute Gasteiger partial charge is 0.328 e. The number of fused-ring (bicyclic) bond motifs is 1. The number of H-pyrrole nitrogens is 1. The van der Waals surface area contributed by atoms with Crippen molar-refractivity contribution in [3.63, 3.8) is 0 Å². The number of esters is 2. The number of hydrogen-bond donors (Lipinski definition) is 3. The van der Waals surface area contributed by atoms with Gasteiger partial charge in [-0.25, -0.2) is 4.79 Å². The van der Waals surface area contributed by atoms with Crippen LogP contribution in [0.3, 0.4) is 0 Å². The van der Waals surface area contributed by atoms with Crippen LogP contribution in [-0.4, -0.2) is 64.7 Å². The molecule has 13 heteroatoms. The standard InChI is InChI=1S/C37H45N5O8/c1-7-49-29(43)20-19-28(34(46)50-8-2)38-32(44)25-14-9-23(10-15-25)11-16-26-22-42(21-24-12-17-27(48-6)18-13-24)31-30(26)33(45)40-36(39-31)41-35(47)37(3,4)5/h9-10,12-15,17-18,22,28H,7-8,11,16,19-21H2,1-6H3,(H,38,44)(H2,39,40,41,45,47)/t28-/m0/s1. The molecule has 13 nitrogen and oxygen atoms in total. The summed E-state index contributed by atoms with van der Waals surface area (Å²) in [6, 6.07) is 13.5. The van der Waals surface area contributed by atoms with E-state index in [1.165, 1.54) is 0 Å². The Kier molecular flexibility index (Phi) is 12.5. The molecule has 2 aromatic heterocycles. The molecule has 0 radical (unpaired) electrons. The lowest BCUT2D eigenvalue weighted by Gasteiger charge is -2.17. The number of nitrogens with one attached hydrogen (secondary N) is 3. The molecule has 2 aromatic carbocycles. The average molecular weight is 688 g/mol. The summed E-state index contributed by atoms with van der Waals surface area (Å²) in [7, 11) is 1.60. The van der Waals surface area contributed by atoms with Crippen molar-refractivity contribution in [2.45, 2.75) is 72.9 Å². The molecule has 2 heterocycles. The molecule has 1 atom stereocenters. The number of aromatic nitrogens is 3. The van der Waals surface area contributed by atoms with E-state index in [0.29, 0.717) is 36.0 Å². The van der Waals surface area contributed by atoms with Gasteiger partial charge in [-0.2, -0.15) is 4.98 Å². The van der Waals surface area contributed by atoms with Crippen LogP contribution in [0.4, 0.5) is 5.95 Å². The molecule has 0 unspecified atom stereocenters. The summed E-state index contributed by atoms with van der Waals surface area (Å²) in [6.07, 6.45) is 2.95. The maximum Gasteiger partial charge on any atom is 0.328 e. The largest absolute Gasteiger partial charge is 0.497 e. The molecule has 0 aliphatic heterocycles. The zero-order chi connectivity index (χ0) is 36.4. The first-order valence-corrected chi connectivity index (χ1v) is 16.6. The Labute approximate surface area is 290 Å². The van der Waals surface area contributed by atoms with E-state index < -0.39 is 29.3 Å². The third kappa shape index (κ3) is 9.80. The van der Waals surface area contributed by atoms with E-state index in [-0.39, 0.29) is 43.5 Å². The van der Waals surface area contributed by atoms with Gasteiger partial charge in [0.2, 0.25) is 11.9 Å². The monoisotopic (exact) mass is 687 g/mol. The molecule has 0 spiro atoms. The Bertz CT molecular complexity index is 1870. The molecule has 3 N–H and O–H groups in total. The molecule has 0 aliphatic carbocycles. The number of nitrogens with zero attached hydrogens (tertiary/aromatic N) is 2. The highest BCUT2D eigenvalue weighted by atomic mass is 16.5. The van der Waals surface area contributed by atoms with Crippen LogP contribution >= 0.6 is 0 Å². The van der Waals surface area contributed by atoms with Crippen LogP contribution in [0.2, 0.25) is 0 Å². The lowest BCUT2D eigenvalue weighted by molar-refractivity contribution is -0.146. The van der Waals surface area contributed by atoms with Crippen molar-refractivity contribution in [1.82, 2.24) is 19.9 Å². The highest BCUT2D eigenvalue weighted by molar-refractivity contribution is 5.97. The van der Waals surface area contributed by atoms with E-state index >= 15 is 0 Å². The topological polar surface area (TPSA) is 171 Å². The second-order valence-electron chi connectivity index (χ2n) is 12.8. The van der Waals surface area contributed by atoms with Crippen LogP contribution < -0.4 is 20.9 Å². The van der Waals surface area contributed by atoms with Crippen LogP contribution in [0.5, 0.6) is 5.75 Å². The molecule has 0 bridgehead atoms. The summed E-state index contributed by atoms with van der Waals surface area (Å²) < 4.78 is 17.2. The van der Waals surface area contributed by atoms with Gasteiger partial charge in [-0.15, -0.1) is 0 Å². The molecule has 2 amide bonds. The number of rotatable bonds is 15. The fourth-order valence-corrected chi connectivity index (χ4v) is 5.19. The number of aryl methyl sites for hydroxylation is 2. The zero-order valence-electron chi connectivity index (χ0n) is 29.4. The van der Waals surface area contributed by atoms with Crippen LogP contribution in [0.1, 0.15) is 74.5 Å². The van der Waals surface area contributed by atoms with Crippen LogP contribution in [0, 0.1) is 5.41 Å². The molecular weight excluding hydrogens is 642 g/mol. The maximum absolute atomic E-state index is 13.4. The number of hydrogen-bond acceptors (Lipinski definition) is 9. The number of anilines is 1. The van der Waals surface area contributed by atoms with Crippen molar-refractivity contribution in [2.24, 2.45) is 5.41 Å². The summed E-state index contributed by atoms with van der Waals surface area (Å²) in [5, 5.41) is 5.83. The number of benzene rings is 2. The number of aromatic amines is 1. The normalized spacial score (nSPS) is 11.9. The third-order valence-electron chi connectivity index (χ3n) is 7.95. The van der Waals surface area contributed by atoms with Crippen molar-refractivity contribution < 1.29 is 33.4 Å². The number of amides is 2. The van der Waals surface area contributed by atoms with Gasteiger partial charge in [-0.3, -0.25) is 29.5 Å². The molecule has 0 saturated carbocycles. The van der Waals surface area contributed by atoms with E-state index in [2.05, 4.69) is 20.6 Å². The van der Waals surface area contributed by atoms with Crippen molar-refractivity contribution >= 4 is 40.7 Å². The molecule has 50 heavy (non-hydrogen) atoms. The van der Waals surface area contributed by atoms with Crippen LogP contribution in [0.25, 0.3) is 11.0 Å². The van der Waals surface area contributed by atoms with E-state index in [0.717, 1.165) is 22.4 Å². The van der Waals surface area contributed by atoms with Gasteiger partial charge in [-0.05, 0) is 74.1 Å². The third-order valence-corrected chi connectivity index (χ3v) is 7.95. The predicted octanol–water partition coefficient (Wildman–Crippen LogP) is 4.56. The fourth-order valence-electron chi connectivity index (χ4n) is 5.19. The van der Waals surface area contributed by atoms with E-state index in [4.69, 9.17) is 14.2 Å². The van der Waals surface area contributed by atoms with E-state index in [1.54, 1.807) is 53.9 Å². The molecule has 4 aromatic rings. The first-order valence-electron chi connectivity index (χ1n) is 16.6. The highest BCUT2D eigenvalue weighted by Gasteiger charge is 2.25. The molecular formula is C37H45N5O8. The first-order chi connectivity index (χ1) is 23.8. The lowest BCUT2D eigenvalue weighted by Crippen LogP contribution is -2.42. The number of methoxy groups -OCH3 is 1. The Morgan fingerprint density at radius 3 is 2.20 bits per heavy atom. The summed E-state index contributed by atoms with van der Waals surface area (Å²) in [6.45, 7) is 9.47. The van der Waals surface area contributed by atoms with Gasteiger partial charge in [-0.1, -0.05) is 45.0 Å². The van der Waals surface area contributed by atoms with Crippen molar-refractivity contribution in [3.05, 3.63) is 87.3 Å². The maximum atomic E-state index is 13.4. The van der Waals surface area contributed by atoms with Gasteiger partial charge in [0.15, 0.2) is 0 Å². The quantitative estimate of drug-likeness (QED) is 0.152. The highest BCUT2D eigenvalue weighted by Crippen LogP contribution is 2.23. The number of ether oxygens (including phenoxy) is 3. The second kappa shape index (κ2) is 16.8.